The number of methoxy groups -OCH3 is 1. The maximum atomic E-state index is 5.84. The fourth-order valence-electron chi connectivity index (χ4n) is 3.86. The highest BCUT2D eigenvalue weighted by Gasteiger charge is 2.32. The van der Waals surface area contributed by atoms with E-state index in [1.807, 2.05) is 0 Å². The Labute approximate surface area is 198 Å². The molecule has 2 aliphatic rings. The molecule has 0 aliphatic carbocycles. The molecule has 168 valence electrons. The van der Waals surface area contributed by atoms with Crippen molar-refractivity contribution in [1.29, 1.82) is 0 Å². The normalized spacial score (nSPS) is 20.2. The zero-order valence-corrected chi connectivity index (χ0v) is 20.7. The van der Waals surface area contributed by atoms with Crippen LogP contribution in [-0.4, -0.2) is 87.5 Å². The average molecular weight is 528 g/mol. The molecule has 0 spiro atoms. The molecule has 0 amide bonds. The lowest BCUT2D eigenvalue weighted by atomic mass is 9.94. The van der Waals surface area contributed by atoms with E-state index in [2.05, 4.69) is 64.5 Å². The summed E-state index contributed by atoms with van der Waals surface area (Å²) < 4.78 is 11.3. The highest BCUT2D eigenvalue weighted by Crippen LogP contribution is 2.24. The van der Waals surface area contributed by atoms with Crippen molar-refractivity contribution in [2.24, 2.45) is 4.99 Å². The fraction of sp³-hybridized carbons (Fsp3) is 0.609. The lowest BCUT2D eigenvalue weighted by Crippen LogP contribution is -2.53. The van der Waals surface area contributed by atoms with Crippen LogP contribution >= 0.6 is 24.0 Å². The van der Waals surface area contributed by atoms with Crippen LogP contribution in [0.3, 0.4) is 0 Å². The van der Waals surface area contributed by atoms with Gasteiger partial charge in [-0.15, -0.1) is 24.0 Å². The molecular weight excluding hydrogens is 491 g/mol. The van der Waals surface area contributed by atoms with Crippen LogP contribution in [0.4, 0.5) is 0 Å². The van der Waals surface area contributed by atoms with Gasteiger partial charge in [0, 0.05) is 72.4 Å². The molecule has 3 rings (SSSR count). The van der Waals surface area contributed by atoms with Gasteiger partial charge in [-0.2, -0.15) is 0 Å². The van der Waals surface area contributed by atoms with E-state index < -0.39 is 0 Å². The van der Waals surface area contributed by atoms with Crippen molar-refractivity contribution in [2.75, 3.05) is 66.1 Å². The first kappa shape index (κ1) is 25.1. The number of halogens is 1. The van der Waals surface area contributed by atoms with E-state index in [1.165, 1.54) is 5.56 Å². The Morgan fingerprint density at radius 3 is 2.50 bits per heavy atom. The van der Waals surface area contributed by atoms with Crippen molar-refractivity contribution in [3.63, 3.8) is 0 Å². The van der Waals surface area contributed by atoms with E-state index in [9.17, 15) is 0 Å². The molecule has 2 aliphatic heterocycles. The smallest absolute Gasteiger partial charge is 0.194 e. The highest BCUT2D eigenvalue weighted by molar-refractivity contribution is 14.0. The number of ether oxygens (including phenoxy) is 2. The van der Waals surface area contributed by atoms with Crippen molar-refractivity contribution >= 4 is 36.0 Å². The molecule has 0 bridgehead atoms. The van der Waals surface area contributed by atoms with E-state index in [4.69, 9.17) is 14.5 Å². The molecule has 30 heavy (non-hydrogen) atoms. The standard InChI is InChI=1S/C23H36N4O2.HI/c1-3-24-22(25-20-23(28-2)11-18-29-19-12-23)27-16-14-26(15-17-27)13-7-10-21-8-5-4-6-9-21;/h4-10H,3,11-20H2,1-2H3,(H,24,25);1H/b10-7+;. The predicted octanol–water partition coefficient (Wildman–Crippen LogP) is 3.10. The maximum absolute atomic E-state index is 5.84. The third-order valence-electron chi connectivity index (χ3n) is 5.83. The molecule has 0 radical (unpaired) electrons. The molecule has 0 unspecified atom stereocenters. The van der Waals surface area contributed by atoms with Crippen molar-refractivity contribution in [3.05, 3.63) is 42.0 Å². The first-order valence-corrected chi connectivity index (χ1v) is 10.8. The van der Waals surface area contributed by atoms with Gasteiger partial charge >= 0.3 is 0 Å². The number of hydrogen-bond acceptors (Lipinski definition) is 4. The number of guanidine groups is 1. The minimum absolute atomic E-state index is 0. The van der Waals surface area contributed by atoms with Gasteiger partial charge in [-0.3, -0.25) is 9.89 Å². The summed E-state index contributed by atoms with van der Waals surface area (Å²) in [6.07, 6.45) is 6.29. The van der Waals surface area contributed by atoms with E-state index in [0.717, 1.165) is 71.3 Å². The van der Waals surface area contributed by atoms with Crippen molar-refractivity contribution in [2.45, 2.75) is 25.4 Å². The molecule has 2 saturated heterocycles. The molecular formula is C23H37IN4O2. The molecule has 0 atom stereocenters. The topological polar surface area (TPSA) is 49.3 Å². The largest absolute Gasteiger partial charge is 0.381 e. The second kappa shape index (κ2) is 13.3. The molecule has 1 aromatic rings. The summed E-state index contributed by atoms with van der Waals surface area (Å²) in [6.45, 7) is 10.3. The second-order valence-corrected chi connectivity index (χ2v) is 7.77. The summed E-state index contributed by atoms with van der Waals surface area (Å²) in [5.74, 6) is 1.01. The zero-order valence-electron chi connectivity index (χ0n) is 18.4. The van der Waals surface area contributed by atoms with E-state index >= 15 is 0 Å². The monoisotopic (exact) mass is 528 g/mol. The number of benzene rings is 1. The zero-order chi connectivity index (χ0) is 20.4. The molecule has 0 aromatic heterocycles. The Morgan fingerprint density at radius 1 is 1.17 bits per heavy atom. The summed E-state index contributed by atoms with van der Waals surface area (Å²) >= 11 is 0. The number of nitrogens with zero attached hydrogens (tertiary/aromatic N) is 3. The number of hydrogen-bond donors (Lipinski definition) is 1. The third-order valence-corrected chi connectivity index (χ3v) is 5.83. The van der Waals surface area contributed by atoms with E-state index in [-0.39, 0.29) is 29.6 Å². The average Bonchev–Trinajstić information content (AvgIpc) is 2.78. The molecule has 1 aromatic carbocycles. The van der Waals surface area contributed by atoms with Gasteiger partial charge in [0.05, 0.1) is 12.1 Å². The molecule has 2 heterocycles. The van der Waals surface area contributed by atoms with Crippen molar-refractivity contribution in [3.8, 4) is 0 Å². The number of rotatable bonds is 7. The van der Waals surface area contributed by atoms with Gasteiger partial charge in [0.2, 0.25) is 0 Å². The Bertz CT molecular complexity index is 654. The Hall–Kier alpha value is -1.16. The maximum Gasteiger partial charge on any atom is 0.194 e. The number of nitrogens with one attached hydrogen (secondary N) is 1. The quantitative estimate of drug-likeness (QED) is 0.335. The van der Waals surface area contributed by atoms with Gasteiger partial charge in [-0.1, -0.05) is 42.5 Å². The Kier molecular flexibility index (Phi) is 11.1. The lowest BCUT2D eigenvalue weighted by molar-refractivity contribution is -0.0829. The molecule has 7 heteroatoms. The minimum Gasteiger partial charge on any atom is -0.381 e. The minimum atomic E-state index is -0.178. The Morgan fingerprint density at radius 2 is 1.87 bits per heavy atom. The van der Waals surface area contributed by atoms with Gasteiger partial charge in [-0.05, 0) is 12.5 Å². The van der Waals surface area contributed by atoms with E-state index in [1.54, 1.807) is 7.11 Å². The summed E-state index contributed by atoms with van der Waals surface area (Å²) in [5, 5.41) is 3.47. The van der Waals surface area contributed by atoms with Crippen molar-refractivity contribution < 1.29 is 9.47 Å². The van der Waals surface area contributed by atoms with Crippen LogP contribution < -0.4 is 5.32 Å². The number of piperazine rings is 1. The molecule has 1 N–H and O–H groups in total. The van der Waals surface area contributed by atoms with Crippen LogP contribution in [0, 0.1) is 0 Å². The second-order valence-electron chi connectivity index (χ2n) is 7.77. The van der Waals surface area contributed by atoms with Crippen LogP contribution in [0.1, 0.15) is 25.3 Å². The number of aliphatic imine (C=N–C) groups is 1. The van der Waals surface area contributed by atoms with Gasteiger partial charge in [-0.25, -0.2) is 0 Å². The van der Waals surface area contributed by atoms with Crippen LogP contribution in [0.5, 0.6) is 0 Å². The first-order valence-electron chi connectivity index (χ1n) is 10.8. The van der Waals surface area contributed by atoms with Crippen LogP contribution in [0.2, 0.25) is 0 Å². The predicted molar refractivity (Wildman–Crippen MR) is 135 cm³/mol. The summed E-state index contributed by atoms with van der Waals surface area (Å²) in [7, 11) is 1.80. The van der Waals surface area contributed by atoms with Crippen LogP contribution in [0.15, 0.2) is 41.4 Å². The Balaban J connectivity index is 0.00000320. The molecule has 6 nitrogen and oxygen atoms in total. The van der Waals surface area contributed by atoms with Gasteiger partial charge in [0.1, 0.15) is 0 Å². The lowest BCUT2D eigenvalue weighted by Gasteiger charge is -2.38. The van der Waals surface area contributed by atoms with Gasteiger partial charge < -0.3 is 19.7 Å². The summed E-state index contributed by atoms with van der Waals surface area (Å²) in [4.78, 5) is 9.82. The van der Waals surface area contributed by atoms with Crippen LogP contribution in [0.25, 0.3) is 6.08 Å². The van der Waals surface area contributed by atoms with E-state index in [0.29, 0.717) is 6.54 Å². The molecule has 2 fully saturated rings. The summed E-state index contributed by atoms with van der Waals surface area (Å²) in [6, 6.07) is 10.5. The SMILES string of the molecule is CCNC(=NCC1(OC)CCOCC1)N1CCN(C/C=C/c2ccccc2)CC1.I. The van der Waals surface area contributed by atoms with Crippen LogP contribution in [-0.2, 0) is 9.47 Å². The van der Waals surface area contributed by atoms with Gasteiger partial charge in [0.25, 0.3) is 0 Å². The molecule has 0 saturated carbocycles. The summed E-state index contributed by atoms with van der Waals surface area (Å²) in [5.41, 5.74) is 1.08. The highest BCUT2D eigenvalue weighted by atomic mass is 127. The van der Waals surface area contributed by atoms with Gasteiger partial charge in [0.15, 0.2) is 5.96 Å². The first-order chi connectivity index (χ1) is 14.2. The third kappa shape index (κ3) is 7.51. The van der Waals surface area contributed by atoms with Crippen molar-refractivity contribution in [1.82, 2.24) is 15.1 Å². The fourth-order valence-corrected chi connectivity index (χ4v) is 3.86.